The predicted molar refractivity (Wildman–Crippen MR) is 54.9 cm³/mol. The molecule has 0 fully saturated rings. The Balaban J connectivity index is 3.29. The van der Waals surface area contributed by atoms with Crippen LogP contribution in [0.25, 0.3) is 0 Å². The molecule has 0 bridgehead atoms. The van der Waals surface area contributed by atoms with Gasteiger partial charge in [0, 0.05) is 18.3 Å². The summed E-state index contributed by atoms with van der Waals surface area (Å²) in [4.78, 5) is 14.2. The summed E-state index contributed by atoms with van der Waals surface area (Å²) in [5.41, 5.74) is 5.55. The predicted octanol–water partition coefficient (Wildman–Crippen LogP) is 1.37. The molecule has 5 nitrogen and oxygen atoms in total. The minimum Gasteiger partial charge on any atom is -0.481 e. The molecule has 1 heterocycles. The molecule has 0 aromatic carbocycles. The zero-order valence-electron chi connectivity index (χ0n) is 9.41. The van der Waals surface area contributed by atoms with Gasteiger partial charge in [0.1, 0.15) is 0 Å². The molecule has 1 rings (SSSR count). The van der Waals surface area contributed by atoms with Crippen molar-refractivity contribution >= 4 is 5.97 Å². The molecule has 0 saturated heterocycles. The maximum atomic E-state index is 12.3. The van der Waals surface area contributed by atoms with Crippen molar-refractivity contribution in [1.82, 2.24) is 4.98 Å². The molecule has 1 aromatic heterocycles. The molecule has 0 atom stereocenters. The Bertz CT molecular complexity index is 460. The summed E-state index contributed by atoms with van der Waals surface area (Å²) in [5.74, 6) is -1.92. The third-order valence-electron chi connectivity index (χ3n) is 2.17. The van der Waals surface area contributed by atoms with Gasteiger partial charge in [0.15, 0.2) is 5.75 Å². The molecule has 0 amide bonds. The van der Waals surface area contributed by atoms with E-state index in [1.54, 1.807) is 0 Å². The van der Waals surface area contributed by atoms with Crippen LogP contribution in [-0.2, 0) is 17.8 Å². The summed E-state index contributed by atoms with van der Waals surface area (Å²) < 4.78 is 40.6. The molecule has 0 aliphatic rings. The van der Waals surface area contributed by atoms with Crippen LogP contribution >= 0.6 is 0 Å². The first-order valence-electron chi connectivity index (χ1n) is 4.89. The van der Waals surface area contributed by atoms with Crippen molar-refractivity contribution < 1.29 is 27.8 Å². The van der Waals surface area contributed by atoms with Crippen LogP contribution in [0.1, 0.15) is 16.8 Å². The van der Waals surface area contributed by atoms with Gasteiger partial charge < -0.3 is 15.6 Å². The van der Waals surface area contributed by atoms with Crippen LogP contribution in [-0.4, -0.2) is 22.4 Å². The van der Waals surface area contributed by atoms with E-state index in [-0.39, 0.29) is 17.8 Å². The SMILES string of the molecule is Cc1cnc(CC(=O)O)c(OC(F)(F)F)c1CN. The first kappa shape index (κ1) is 14.2. The highest BCUT2D eigenvalue weighted by molar-refractivity contribution is 5.71. The van der Waals surface area contributed by atoms with Gasteiger partial charge in [-0.1, -0.05) is 0 Å². The van der Waals surface area contributed by atoms with Gasteiger partial charge in [0.25, 0.3) is 0 Å². The molecule has 0 saturated carbocycles. The first-order valence-corrected chi connectivity index (χ1v) is 4.89. The summed E-state index contributed by atoms with van der Waals surface area (Å²) in [7, 11) is 0. The number of hydrogen-bond donors (Lipinski definition) is 2. The van der Waals surface area contributed by atoms with E-state index >= 15 is 0 Å². The van der Waals surface area contributed by atoms with Gasteiger partial charge in [-0.3, -0.25) is 9.78 Å². The van der Waals surface area contributed by atoms with Crippen LogP contribution in [0.15, 0.2) is 6.20 Å². The van der Waals surface area contributed by atoms with Crippen LogP contribution in [0, 0.1) is 6.92 Å². The van der Waals surface area contributed by atoms with Gasteiger partial charge in [-0.25, -0.2) is 0 Å². The lowest BCUT2D eigenvalue weighted by Crippen LogP contribution is -2.21. The number of aliphatic carboxylic acids is 1. The van der Waals surface area contributed by atoms with Gasteiger partial charge >= 0.3 is 12.3 Å². The van der Waals surface area contributed by atoms with Crippen molar-refractivity contribution in [2.45, 2.75) is 26.3 Å². The molecule has 18 heavy (non-hydrogen) atoms. The van der Waals surface area contributed by atoms with Crippen molar-refractivity contribution in [3.63, 3.8) is 0 Å². The van der Waals surface area contributed by atoms with Gasteiger partial charge in [0.05, 0.1) is 12.1 Å². The maximum Gasteiger partial charge on any atom is 0.573 e. The van der Waals surface area contributed by atoms with Crippen LogP contribution < -0.4 is 10.5 Å². The highest BCUT2D eigenvalue weighted by Crippen LogP contribution is 2.31. The molecule has 3 N–H and O–H groups in total. The molecule has 8 heteroatoms. The van der Waals surface area contributed by atoms with E-state index in [4.69, 9.17) is 10.8 Å². The third-order valence-corrected chi connectivity index (χ3v) is 2.17. The van der Waals surface area contributed by atoms with Crippen LogP contribution in [0.2, 0.25) is 0 Å². The first-order chi connectivity index (χ1) is 8.24. The number of carbonyl (C=O) groups is 1. The Labute approximate surface area is 100 Å². The third kappa shape index (κ3) is 3.59. The number of pyridine rings is 1. The van der Waals surface area contributed by atoms with Gasteiger partial charge in [0.2, 0.25) is 0 Å². The number of alkyl halides is 3. The number of ether oxygens (including phenoxy) is 1. The van der Waals surface area contributed by atoms with E-state index in [0.717, 1.165) is 0 Å². The van der Waals surface area contributed by atoms with Crippen LogP contribution in [0.4, 0.5) is 13.2 Å². The molecule has 0 unspecified atom stereocenters. The second kappa shape index (κ2) is 5.21. The Hall–Kier alpha value is -1.83. The number of aromatic nitrogens is 1. The zero-order valence-corrected chi connectivity index (χ0v) is 9.41. The van der Waals surface area contributed by atoms with E-state index in [2.05, 4.69) is 9.72 Å². The smallest absolute Gasteiger partial charge is 0.481 e. The van der Waals surface area contributed by atoms with Crippen molar-refractivity contribution in [3.8, 4) is 5.75 Å². The largest absolute Gasteiger partial charge is 0.573 e. The fraction of sp³-hybridized carbons (Fsp3) is 0.400. The van der Waals surface area contributed by atoms with Crippen molar-refractivity contribution in [3.05, 3.63) is 23.0 Å². The Morgan fingerprint density at radius 2 is 2.17 bits per heavy atom. The Morgan fingerprint density at radius 3 is 2.61 bits per heavy atom. The van der Waals surface area contributed by atoms with E-state index in [9.17, 15) is 18.0 Å². The summed E-state index contributed by atoms with van der Waals surface area (Å²) in [6.07, 6.45) is -4.32. The van der Waals surface area contributed by atoms with Crippen molar-refractivity contribution in [2.75, 3.05) is 0 Å². The average molecular weight is 264 g/mol. The number of carboxylic acids is 1. The van der Waals surface area contributed by atoms with Gasteiger partial charge in [-0.15, -0.1) is 13.2 Å². The highest BCUT2D eigenvalue weighted by Gasteiger charge is 2.34. The number of hydrogen-bond acceptors (Lipinski definition) is 4. The number of nitrogens with two attached hydrogens (primary N) is 1. The molecule has 0 aliphatic carbocycles. The molecule has 0 radical (unpaired) electrons. The normalized spacial score (nSPS) is 11.4. The lowest BCUT2D eigenvalue weighted by atomic mass is 10.1. The molecule has 0 aliphatic heterocycles. The lowest BCUT2D eigenvalue weighted by Gasteiger charge is -2.16. The summed E-state index contributed by atoms with van der Waals surface area (Å²) >= 11 is 0. The zero-order chi connectivity index (χ0) is 13.9. The second-order valence-corrected chi connectivity index (χ2v) is 3.52. The molecule has 1 aromatic rings. The molecule has 100 valence electrons. The number of carboxylic acid groups (broad SMARTS) is 1. The maximum absolute atomic E-state index is 12.3. The number of aryl methyl sites for hydroxylation is 1. The topological polar surface area (TPSA) is 85.4 Å². The monoisotopic (exact) mass is 264 g/mol. The Morgan fingerprint density at radius 1 is 1.56 bits per heavy atom. The fourth-order valence-electron chi connectivity index (χ4n) is 1.42. The number of nitrogens with zero attached hydrogens (tertiary/aromatic N) is 1. The van der Waals surface area contributed by atoms with Crippen molar-refractivity contribution in [1.29, 1.82) is 0 Å². The van der Waals surface area contributed by atoms with Crippen LogP contribution in [0.3, 0.4) is 0 Å². The van der Waals surface area contributed by atoms with E-state index in [1.165, 1.54) is 13.1 Å². The summed E-state index contributed by atoms with van der Waals surface area (Å²) in [5, 5.41) is 8.61. The minimum absolute atomic E-state index is 0.0959. The second-order valence-electron chi connectivity index (χ2n) is 3.52. The lowest BCUT2D eigenvalue weighted by molar-refractivity contribution is -0.275. The Kier molecular flexibility index (Phi) is 4.12. The standard InChI is InChI=1S/C10H11F3N2O3/c1-5-4-15-7(2-8(16)17)9(6(5)3-14)18-10(11,12)13/h4H,2-3,14H2,1H3,(H,16,17). The highest BCUT2D eigenvalue weighted by atomic mass is 19.4. The quantitative estimate of drug-likeness (QED) is 0.857. The van der Waals surface area contributed by atoms with E-state index < -0.39 is 24.5 Å². The average Bonchev–Trinajstić information content (AvgIpc) is 2.20. The van der Waals surface area contributed by atoms with E-state index in [0.29, 0.717) is 5.56 Å². The molecule has 0 spiro atoms. The number of rotatable bonds is 4. The van der Waals surface area contributed by atoms with Gasteiger partial charge in [-0.2, -0.15) is 0 Å². The summed E-state index contributed by atoms with van der Waals surface area (Å²) in [6.45, 7) is 1.31. The van der Waals surface area contributed by atoms with Crippen LogP contribution in [0.5, 0.6) is 5.75 Å². The molecular formula is C10H11F3N2O3. The van der Waals surface area contributed by atoms with E-state index in [1.807, 2.05) is 0 Å². The van der Waals surface area contributed by atoms with Gasteiger partial charge in [-0.05, 0) is 12.5 Å². The number of halogens is 3. The minimum atomic E-state index is -4.92. The molecular weight excluding hydrogens is 253 g/mol. The fourth-order valence-corrected chi connectivity index (χ4v) is 1.42. The van der Waals surface area contributed by atoms with Crippen molar-refractivity contribution in [2.24, 2.45) is 5.73 Å². The summed E-state index contributed by atoms with van der Waals surface area (Å²) in [6, 6.07) is 0.